The highest BCUT2D eigenvalue weighted by Crippen LogP contribution is 2.06. The van der Waals surface area contributed by atoms with E-state index in [-0.39, 0.29) is 12.5 Å². The van der Waals surface area contributed by atoms with Crippen LogP contribution in [0.1, 0.15) is 0 Å². The molecule has 1 saturated heterocycles. The van der Waals surface area contributed by atoms with Gasteiger partial charge in [0, 0.05) is 7.05 Å². The highest BCUT2D eigenvalue weighted by molar-refractivity contribution is 6.00. The molecule has 1 aliphatic rings. The fourth-order valence-corrected chi connectivity index (χ4v) is 0.776. The maximum absolute atomic E-state index is 10.9. The molecule has 0 spiro atoms. The Labute approximate surface area is 58.1 Å². The van der Waals surface area contributed by atoms with E-state index in [1.54, 1.807) is 7.05 Å². The van der Waals surface area contributed by atoms with Crippen molar-refractivity contribution >= 4 is 11.9 Å². The van der Waals surface area contributed by atoms with Crippen molar-refractivity contribution in [3.63, 3.8) is 0 Å². The topological polar surface area (TPSA) is 49.9 Å². The molecule has 5 heteroatoms. The first-order valence-corrected chi connectivity index (χ1v) is 2.79. The zero-order valence-corrected chi connectivity index (χ0v) is 5.83. The summed E-state index contributed by atoms with van der Waals surface area (Å²) in [6, 6.07) is -0.410. The lowest BCUT2D eigenvalue weighted by atomic mass is 10.6. The second-order valence-corrected chi connectivity index (χ2v) is 2.01. The number of carbonyl (C=O) groups is 2. The Bertz CT molecular complexity index is 180. The molecule has 0 radical (unpaired) electrons. The second-order valence-electron chi connectivity index (χ2n) is 2.01. The molecule has 1 rings (SSSR count). The average molecular weight is 144 g/mol. The van der Waals surface area contributed by atoms with Crippen LogP contribution in [0.2, 0.25) is 0 Å². The van der Waals surface area contributed by atoms with Crippen LogP contribution in [0.5, 0.6) is 0 Å². The number of hydrogen-bond acceptors (Lipinski definition) is 3. The molecule has 3 amide bonds. The van der Waals surface area contributed by atoms with Crippen molar-refractivity contribution in [3.05, 3.63) is 0 Å². The fourth-order valence-electron chi connectivity index (χ4n) is 0.776. The van der Waals surface area contributed by atoms with Gasteiger partial charge in [0.2, 0.25) is 0 Å². The Hall–Kier alpha value is -1.10. The molecule has 10 heavy (non-hydrogen) atoms. The Balaban J connectivity index is 2.74. The minimum Gasteiger partial charge on any atom is -0.316 e. The van der Waals surface area contributed by atoms with Crippen molar-refractivity contribution < 1.29 is 14.4 Å². The molecule has 1 aliphatic heterocycles. The van der Waals surface area contributed by atoms with Gasteiger partial charge in [-0.05, 0) is 0 Å². The number of imide groups is 1. The number of rotatable bonds is 1. The minimum atomic E-state index is -0.410. The molecule has 0 bridgehead atoms. The molecular weight excluding hydrogens is 136 g/mol. The quantitative estimate of drug-likeness (QED) is 0.463. The Morgan fingerprint density at radius 2 is 2.10 bits per heavy atom. The first-order valence-electron chi connectivity index (χ1n) is 2.79. The predicted octanol–water partition coefficient (Wildman–Crippen LogP) is -0.558. The van der Waals surface area contributed by atoms with Crippen LogP contribution >= 0.6 is 0 Å². The number of hydroxylamine groups is 2. The van der Waals surface area contributed by atoms with Gasteiger partial charge in [0.1, 0.15) is 6.54 Å². The summed E-state index contributed by atoms with van der Waals surface area (Å²) in [6.07, 6.45) is 0. The first kappa shape index (κ1) is 7.01. The number of carbonyl (C=O) groups excluding carboxylic acids is 2. The van der Waals surface area contributed by atoms with E-state index in [2.05, 4.69) is 4.84 Å². The number of likely N-dealkylation sites (N-methyl/N-ethyl adjacent to an activating group) is 1. The number of nitrogens with zero attached hydrogens (tertiary/aromatic N) is 2. The van der Waals surface area contributed by atoms with E-state index in [1.165, 1.54) is 12.0 Å². The summed E-state index contributed by atoms with van der Waals surface area (Å²) in [5, 5.41) is 0.736. The van der Waals surface area contributed by atoms with Crippen LogP contribution in [0, 0.1) is 0 Å². The molecule has 0 aliphatic carbocycles. The molecule has 0 aromatic heterocycles. The molecule has 1 fully saturated rings. The molecule has 56 valence electrons. The van der Waals surface area contributed by atoms with Crippen LogP contribution in [0.3, 0.4) is 0 Å². The normalized spacial score (nSPS) is 19.0. The summed E-state index contributed by atoms with van der Waals surface area (Å²) in [7, 11) is 2.83. The monoisotopic (exact) mass is 144 g/mol. The number of hydrogen-bond donors (Lipinski definition) is 0. The van der Waals surface area contributed by atoms with Gasteiger partial charge in [-0.1, -0.05) is 0 Å². The van der Waals surface area contributed by atoms with Crippen molar-refractivity contribution in [3.8, 4) is 0 Å². The van der Waals surface area contributed by atoms with E-state index >= 15 is 0 Å². The van der Waals surface area contributed by atoms with Crippen LogP contribution in [0.25, 0.3) is 0 Å². The van der Waals surface area contributed by atoms with Crippen molar-refractivity contribution in [2.24, 2.45) is 0 Å². The van der Waals surface area contributed by atoms with Gasteiger partial charge in [-0.15, -0.1) is 5.06 Å². The highest BCUT2D eigenvalue weighted by atomic mass is 16.7. The molecular formula is C5H8N2O3. The summed E-state index contributed by atoms with van der Waals surface area (Å²) in [4.78, 5) is 27.4. The molecule has 0 unspecified atom stereocenters. The van der Waals surface area contributed by atoms with E-state index in [9.17, 15) is 9.59 Å². The van der Waals surface area contributed by atoms with Crippen LogP contribution in [0.15, 0.2) is 0 Å². The molecule has 0 aromatic carbocycles. The minimum absolute atomic E-state index is 0.104. The standard InChI is InChI=1S/C5H8N2O3/c1-6-3-4(8)7(10-2)5(6)9/h3H2,1-2H3. The predicted molar refractivity (Wildman–Crippen MR) is 31.9 cm³/mol. The Morgan fingerprint density at radius 3 is 2.30 bits per heavy atom. The van der Waals surface area contributed by atoms with Gasteiger partial charge >= 0.3 is 6.03 Å². The first-order chi connectivity index (χ1) is 4.66. The molecule has 1 heterocycles. The van der Waals surface area contributed by atoms with E-state index in [0.29, 0.717) is 0 Å². The SMILES string of the molecule is CON1C(=O)CN(C)C1=O. The van der Waals surface area contributed by atoms with Crippen LogP contribution in [-0.2, 0) is 9.63 Å². The molecule has 5 nitrogen and oxygen atoms in total. The van der Waals surface area contributed by atoms with E-state index in [0.717, 1.165) is 5.06 Å². The van der Waals surface area contributed by atoms with Crippen LogP contribution in [0.4, 0.5) is 4.79 Å². The summed E-state index contributed by atoms with van der Waals surface area (Å²) in [6.45, 7) is 0.104. The lowest BCUT2D eigenvalue weighted by molar-refractivity contribution is -0.153. The fraction of sp³-hybridized carbons (Fsp3) is 0.600. The molecule has 0 aromatic rings. The van der Waals surface area contributed by atoms with Gasteiger partial charge < -0.3 is 4.90 Å². The van der Waals surface area contributed by atoms with Crippen molar-refractivity contribution in [2.75, 3.05) is 20.7 Å². The summed E-state index contributed by atoms with van der Waals surface area (Å²) < 4.78 is 0. The molecule has 0 N–H and O–H groups in total. The van der Waals surface area contributed by atoms with Gasteiger partial charge in [0.05, 0.1) is 7.11 Å². The van der Waals surface area contributed by atoms with Gasteiger partial charge in [-0.25, -0.2) is 4.79 Å². The zero-order valence-electron chi connectivity index (χ0n) is 5.83. The van der Waals surface area contributed by atoms with Crippen LogP contribution < -0.4 is 0 Å². The van der Waals surface area contributed by atoms with Crippen LogP contribution in [-0.4, -0.2) is 42.6 Å². The van der Waals surface area contributed by atoms with Gasteiger partial charge in [-0.2, -0.15) is 0 Å². The third-order valence-corrected chi connectivity index (χ3v) is 1.28. The summed E-state index contributed by atoms with van der Waals surface area (Å²) in [5.41, 5.74) is 0. The molecule has 0 atom stereocenters. The number of amides is 3. The third kappa shape index (κ3) is 0.841. The van der Waals surface area contributed by atoms with Gasteiger partial charge in [0.15, 0.2) is 0 Å². The van der Waals surface area contributed by atoms with Crippen molar-refractivity contribution in [2.45, 2.75) is 0 Å². The van der Waals surface area contributed by atoms with E-state index in [1.807, 2.05) is 0 Å². The smallest absolute Gasteiger partial charge is 0.316 e. The zero-order chi connectivity index (χ0) is 7.72. The van der Waals surface area contributed by atoms with Gasteiger partial charge in [0.25, 0.3) is 5.91 Å². The molecule has 0 saturated carbocycles. The third-order valence-electron chi connectivity index (χ3n) is 1.28. The van der Waals surface area contributed by atoms with Crippen molar-refractivity contribution in [1.82, 2.24) is 9.96 Å². The lowest BCUT2D eigenvalue weighted by Crippen LogP contribution is -2.30. The number of urea groups is 1. The average Bonchev–Trinajstić information content (AvgIpc) is 2.09. The highest BCUT2D eigenvalue weighted by Gasteiger charge is 2.33. The Kier molecular flexibility index (Phi) is 1.58. The second kappa shape index (κ2) is 2.26. The van der Waals surface area contributed by atoms with Crippen molar-refractivity contribution in [1.29, 1.82) is 0 Å². The summed E-state index contributed by atoms with van der Waals surface area (Å²) >= 11 is 0. The summed E-state index contributed by atoms with van der Waals surface area (Å²) in [5.74, 6) is -0.324. The van der Waals surface area contributed by atoms with Gasteiger partial charge in [-0.3, -0.25) is 9.63 Å². The maximum atomic E-state index is 10.9. The maximum Gasteiger partial charge on any atom is 0.351 e. The van der Waals surface area contributed by atoms with E-state index < -0.39 is 6.03 Å². The lowest BCUT2D eigenvalue weighted by Gasteiger charge is -2.08. The van der Waals surface area contributed by atoms with E-state index in [4.69, 9.17) is 0 Å². The largest absolute Gasteiger partial charge is 0.351 e. The Morgan fingerprint density at radius 1 is 1.50 bits per heavy atom.